The topological polar surface area (TPSA) is 32.3 Å². The lowest BCUT2D eigenvalue weighted by Crippen LogP contribution is -2.58. The van der Waals surface area contributed by atoms with Crippen molar-refractivity contribution in [1.29, 1.82) is 0 Å². The Hall–Kier alpha value is -2.61. The van der Waals surface area contributed by atoms with E-state index in [1.165, 1.54) is 24.3 Å². The molecule has 0 saturated carbocycles. The Morgan fingerprint density at radius 3 is 2.46 bits per heavy atom. The van der Waals surface area contributed by atoms with Gasteiger partial charge in [-0.1, -0.05) is 23.7 Å². The highest BCUT2D eigenvalue weighted by atomic mass is 35.5. The molecule has 3 rings (SSSR count). The predicted octanol–water partition coefficient (Wildman–Crippen LogP) is 5.85. The van der Waals surface area contributed by atoms with Crippen molar-refractivity contribution in [2.75, 3.05) is 11.9 Å². The Kier molecular flexibility index (Phi) is 5.10. The van der Waals surface area contributed by atoms with Crippen LogP contribution in [0.15, 0.2) is 49.1 Å². The highest BCUT2D eigenvalue weighted by Crippen LogP contribution is 2.48. The number of carbonyl (C=O) groups excluding carboxylic acids is 1. The lowest BCUT2D eigenvalue weighted by atomic mass is 9.76. The van der Waals surface area contributed by atoms with Crippen LogP contribution in [0.2, 0.25) is 5.02 Å². The monoisotopic (exact) mass is 416 g/mol. The van der Waals surface area contributed by atoms with E-state index >= 15 is 0 Å². The molecule has 0 fully saturated rings. The molecule has 1 aliphatic rings. The number of carbonyl (C=O) groups is 1. The van der Waals surface area contributed by atoms with Gasteiger partial charge in [0.25, 0.3) is 0 Å². The molecular formula is C19H14ClF5N2O. The number of nitrogens with one attached hydrogen (secondary N) is 1. The van der Waals surface area contributed by atoms with Gasteiger partial charge < -0.3 is 10.2 Å². The third-order valence-corrected chi connectivity index (χ3v) is 4.78. The first-order valence-corrected chi connectivity index (χ1v) is 8.48. The maximum absolute atomic E-state index is 14.0. The quantitative estimate of drug-likeness (QED) is 0.492. The molecular weight excluding hydrogens is 403 g/mol. The normalized spacial score (nSPS) is 19.2. The number of nitrogens with zero attached hydrogens (tertiary/aromatic N) is 1. The number of alkyl halides is 3. The van der Waals surface area contributed by atoms with Gasteiger partial charge in [0.1, 0.15) is 12.1 Å². The molecule has 0 radical (unpaired) electrons. The summed E-state index contributed by atoms with van der Waals surface area (Å²) in [5.74, 6) is -2.41. The Bertz CT molecular complexity index is 946. The van der Waals surface area contributed by atoms with Crippen LogP contribution in [0.5, 0.6) is 0 Å². The Morgan fingerprint density at radius 2 is 1.86 bits per heavy atom. The van der Waals surface area contributed by atoms with E-state index in [1.54, 1.807) is 0 Å². The first-order valence-electron chi connectivity index (χ1n) is 8.10. The minimum atomic E-state index is -4.74. The van der Waals surface area contributed by atoms with E-state index in [0.717, 1.165) is 18.2 Å². The van der Waals surface area contributed by atoms with Gasteiger partial charge in [0, 0.05) is 16.3 Å². The van der Waals surface area contributed by atoms with Gasteiger partial charge in [-0.05, 0) is 42.3 Å². The second-order valence-corrected chi connectivity index (χ2v) is 6.74. The van der Waals surface area contributed by atoms with Gasteiger partial charge in [0.15, 0.2) is 11.6 Å². The van der Waals surface area contributed by atoms with Gasteiger partial charge in [-0.2, -0.15) is 13.2 Å². The molecule has 2 amide bonds. The lowest BCUT2D eigenvalue weighted by molar-refractivity contribution is -0.148. The SMILES string of the molecule is C=CCC1(c2ccc(F)c(F)c2)c2cc(Cl)ccc2NC(=O)N1CC(F)(F)F. The lowest BCUT2D eigenvalue weighted by Gasteiger charge is -2.48. The first-order chi connectivity index (χ1) is 13.1. The van der Waals surface area contributed by atoms with Crippen LogP contribution in [-0.2, 0) is 5.54 Å². The molecule has 9 heteroatoms. The molecule has 0 saturated heterocycles. The molecule has 2 aromatic carbocycles. The van der Waals surface area contributed by atoms with Crippen LogP contribution in [0.3, 0.4) is 0 Å². The maximum Gasteiger partial charge on any atom is 0.406 e. The molecule has 0 aliphatic carbocycles. The summed E-state index contributed by atoms with van der Waals surface area (Å²) < 4.78 is 67.4. The zero-order valence-corrected chi connectivity index (χ0v) is 15.0. The number of urea groups is 1. The smallest absolute Gasteiger partial charge is 0.307 e. The molecule has 0 bridgehead atoms. The van der Waals surface area contributed by atoms with Crippen LogP contribution in [0, 0.1) is 11.6 Å². The summed E-state index contributed by atoms with van der Waals surface area (Å²) in [6.45, 7) is 1.96. The summed E-state index contributed by atoms with van der Waals surface area (Å²) in [6.07, 6.45) is -3.61. The number of benzene rings is 2. The number of fused-ring (bicyclic) bond motifs is 1. The summed E-state index contributed by atoms with van der Waals surface area (Å²) in [6, 6.07) is 6.00. The maximum atomic E-state index is 14.0. The van der Waals surface area contributed by atoms with Crippen LogP contribution in [0.25, 0.3) is 0 Å². The predicted molar refractivity (Wildman–Crippen MR) is 95.2 cm³/mol. The second-order valence-electron chi connectivity index (χ2n) is 6.30. The first kappa shape index (κ1) is 20.1. The third-order valence-electron chi connectivity index (χ3n) is 4.55. The average Bonchev–Trinajstić information content (AvgIpc) is 2.60. The minimum Gasteiger partial charge on any atom is -0.307 e. The molecule has 28 heavy (non-hydrogen) atoms. The van der Waals surface area contributed by atoms with Crippen molar-refractivity contribution in [3.8, 4) is 0 Å². The Balaban J connectivity index is 2.37. The number of anilines is 1. The summed E-state index contributed by atoms with van der Waals surface area (Å²) in [4.78, 5) is 13.2. The molecule has 3 nitrogen and oxygen atoms in total. The molecule has 2 aromatic rings. The van der Waals surface area contributed by atoms with Crippen LogP contribution < -0.4 is 5.32 Å². The van der Waals surface area contributed by atoms with Gasteiger partial charge in [-0.25, -0.2) is 13.6 Å². The van der Waals surface area contributed by atoms with Crippen LogP contribution in [0.4, 0.5) is 32.4 Å². The van der Waals surface area contributed by atoms with Crippen molar-refractivity contribution in [2.45, 2.75) is 18.1 Å². The van der Waals surface area contributed by atoms with E-state index in [0.29, 0.717) is 4.90 Å². The summed E-state index contributed by atoms with van der Waals surface area (Å²) >= 11 is 6.05. The number of hydrogen-bond donors (Lipinski definition) is 1. The number of amides is 2. The zero-order chi connectivity index (χ0) is 20.7. The van der Waals surface area contributed by atoms with Crippen molar-refractivity contribution in [2.24, 2.45) is 0 Å². The standard InChI is InChI=1S/C19H14ClF5N2O/c1-2-7-18(11-3-5-14(21)15(22)8-11)13-9-12(20)4-6-16(13)26-17(28)27(18)10-19(23,24)25/h2-6,8-9H,1,7,10H2,(H,26,28). The summed E-state index contributed by atoms with van der Waals surface area (Å²) in [7, 11) is 0. The Morgan fingerprint density at radius 1 is 1.14 bits per heavy atom. The van der Waals surface area contributed by atoms with Gasteiger partial charge in [-0.15, -0.1) is 6.58 Å². The fourth-order valence-electron chi connectivity index (χ4n) is 3.47. The van der Waals surface area contributed by atoms with Crippen molar-refractivity contribution in [3.63, 3.8) is 0 Å². The van der Waals surface area contributed by atoms with E-state index < -0.39 is 35.9 Å². The van der Waals surface area contributed by atoms with Crippen LogP contribution >= 0.6 is 11.6 Å². The summed E-state index contributed by atoms with van der Waals surface area (Å²) in [5, 5.41) is 2.60. The zero-order valence-electron chi connectivity index (χ0n) is 14.3. The molecule has 1 atom stereocenters. The van der Waals surface area contributed by atoms with Gasteiger partial charge in [0.05, 0.1) is 0 Å². The molecule has 1 N–H and O–H groups in total. The number of halogens is 6. The van der Waals surface area contributed by atoms with E-state index in [4.69, 9.17) is 11.6 Å². The molecule has 0 spiro atoms. The summed E-state index contributed by atoms with van der Waals surface area (Å²) in [5.41, 5.74) is -1.38. The largest absolute Gasteiger partial charge is 0.406 e. The molecule has 1 aliphatic heterocycles. The highest BCUT2D eigenvalue weighted by Gasteiger charge is 2.51. The fraction of sp³-hybridized carbons (Fsp3) is 0.211. The molecule has 1 unspecified atom stereocenters. The van der Waals surface area contributed by atoms with E-state index in [2.05, 4.69) is 11.9 Å². The van der Waals surface area contributed by atoms with Crippen molar-refractivity contribution in [3.05, 3.63) is 76.8 Å². The van der Waals surface area contributed by atoms with E-state index in [-0.39, 0.29) is 28.3 Å². The number of hydrogen-bond acceptors (Lipinski definition) is 1. The van der Waals surface area contributed by atoms with Crippen molar-refractivity contribution in [1.82, 2.24) is 4.90 Å². The molecule has 1 heterocycles. The molecule has 0 aromatic heterocycles. The third kappa shape index (κ3) is 3.44. The average molecular weight is 417 g/mol. The minimum absolute atomic E-state index is 0.0334. The van der Waals surface area contributed by atoms with Crippen LogP contribution in [-0.4, -0.2) is 23.7 Å². The van der Waals surface area contributed by atoms with Gasteiger partial charge in [-0.3, -0.25) is 0 Å². The Labute approximate surface area is 162 Å². The van der Waals surface area contributed by atoms with Gasteiger partial charge in [0.2, 0.25) is 0 Å². The second kappa shape index (κ2) is 7.09. The molecule has 148 valence electrons. The van der Waals surface area contributed by atoms with E-state index in [9.17, 15) is 26.7 Å². The fourth-order valence-corrected chi connectivity index (χ4v) is 3.64. The van der Waals surface area contributed by atoms with E-state index in [1.807, 2.05) is 0 Å². The van der Waals surface area contributed by atoms with Crippen molar-refractivity contribution >= 4 is 23.3 Å². The van der Waals surface area contributed by atoms with Crippen molar-refractivity contribution < 1.29 is 26.7 Å². The number of rotatable bonds is 4. The van der Waals surface area contributed by atoms with Gasteiger partial charge >= 0.3 is 12.2 Å². The van der Waals surface area contributed by atoms with Crippen LogP contribution in [0.1, 0.15) is 17.5 Å². The highest BCUT2D eigenvalue weighted by molar-refractivity contribution is 6.30.